The number of nitrogens with zero attached hydrogens (tertiary/aromatic N) is 2. The Morgan fingerprint density at radius 1 is 1.19 bits per heavy atom. The molecule has 1 aromatic carbocycles. The Balaban J connectivity index is 1.48. The molecule has 1 aliphatic carbocycles. The van der Waals surface area contributed by atoms with Gasteiger partial charge >= 0.3 is 0 Å². The van der Waals surface area contributed by atoms with Crippen molar-refractivity contribution in [3.63, 3.8) is 0 Å². The second-order valence-electron chi connectivity index (χ2n) is 5.84. The van der Waals surface area contributed by atoms with Crippen LogP contribution >= 0.6 is 0 Å². The molecule has 0 spiro atoms. The number of nitrogens with one attached hydrogen (secondary N) is 1. The summed E-state index contributed by atoms with van der Waals surface area (Å²) in [6.45, 7) is 3.80. The number of rotatable bonds is 5. The second kappa shape index (κ2) is 6.85. The molecular formula is C17H23N3O. The number of aromatic nitrogens is 2. The third kappa shape index (κ3) is 3.70. The summed E-state index contributed by atoms with van der Waals surface area (Å²) >= 11 is 0. The van der Waals surface area contributed by atoms with E-state index in [-0.39, 0.29) is 0 Å². The van der Waals surface area contributed by atoms with Gasteiger partial charge in [-0.15, -0.1) is 0 Å². The zero-order valence-electron chi connectivity index (χ0n) is 12.6. The maximum absolute atomic E-state index is 5.99. The van der Waals surface area contributed by atoms with Crippen LogP contribution in [0.15, 0.2) is 30.5 Å². The van der Waals surface area contributed by atoms with E-state index < -0.39 is 0 Å². The number of para-hydroxylation sites is 2. The van der Waals surface area contributed by atoms with Crippen LogP contribution < -0.4 is 5.32 Å². The number of fused-ring (bicyclic) bond motifs is 1. The van der Waals surface area contributed by atoms with E-state index in [1.807, 2.05) is 24.3 Å². The molecular weight excluding hydrogens is 262 g/mol. The molecule has 4 heteroatoms. The first-order valence-electron chi connectivity index (χ1n) is 7.90. The monoisotopic (exact) mass is 285 g/mol. The average molecular weight is 285 g/mol. The minimum atomic E-state index is 0.434. The highest BCUT2D eigenvalue weighted by Crippen LogP contribution is 2.26. The van der Waals surface area contributed by atoms with Crippen molar-refractivity contribution in [1.82, 2.24) is 9.97 Å². The summed E-state index contributed by atoms with van der Waals surface area (Å²) in [6.07, 6.45) is 7.38. The Morgan fingerprint density at radius 2 is 2.00 bits per heavy atom. The average Bonchev–Trinajstić information content (AvgIpc) is 2.53. The maximum atomic E-state index is 5.99. The van der Waals surface area contributed by atoms with Crippen molar-refractivity contribution in [2.45, 2.75) is 38.7 Å². The highest BCUT2D eigenvalue weighted by atomic mass is 16.5. The van der Waals surface area contributed by atoms with E-state index in [4.69, 9.17) is 4.74 Å². The van der Waals surface area contributed by atoms with E-state index in [9.17, 15) is 0 Å². The summed E-state index contributed by atoms with van der Waals surface area (Å²) in [5, 5.41) is 3.29. The van der Waals surface area contributed by atoms with Gasteiger partial charge in [-0.2, -0.15) is 0 Å². The third-order valence-electron chi connectivity index (χ3n) is 4.22. The first kappa shape index (κ1) is 14.3. The molecule has 4 nitrogen and oxygen atoms in total. The van der Waals surface area contributed by atoms with Gasteiger partial charge in [0.15, 0.2) is 0 Å². The molecule has 1 aromatic heterocycles. The number of anilines is 1. The third-order valence-corrected chi connectivity index (χ3v) is 4.22. The normalized spacial score (nSPS) is 22.3. The van der Waals surface area contributed by atoms with Gasteiger partial charge in [0, 0.05) is 6.54 Å². The van der Waals surface area contributed by atoms with Crippen LogP contribution in [0.1, 0.15) is 32.6 Å². The van der Waals surface area contributed by atoms with Gasteiger partial charge in [0.2, 0.25) is 0 Å². The van der Waals surface area contributed by atoms with Crippen LogP contribution in [0.3, 0.4) is 0 Å². The first-order valence-corrected chi connectivity index (χ1v) is 7.90. The highest BCUT2D eigenvalue weighted by Gasteiger charge is 2.21. The van der Waals surface area contributed by atoms with E-state index >= 15 is 0 Å². The fourth-order valence-corrected chi connectivity index (χ4v) is 2.96. The van der Waals surface area contributed by atoms with Gasteiger partial charge in [0.05, 0.1) is 29.9 Å². The summed E-state index contributed by atoms with van der Waals surface area (Å²) in [6, 6.07) is 7.91. The molecule has 21 heavy (non-hydrogen) atoms. The molecule has 1 N–H and O–H groups in total. The van der Waals surface area contributed by atoms with E-state index in [1.54, 1.807) is 6.20 Å². The van der Waals surface area contributed by atoms with E-state index in [2.05, 4.69) is 22.2 Å². The van der Waals surface area contributed by atoms with Gasteiger partial charge < -0.3 is 10.1 Å². The molecule has 1 heterocycles. The summed E-state index contributed by atoms with van der Waals surface area (Å²) in [5.74, 6) is 1.51. The smallest absolute Gasteiger partial charge is 0.145 e. The van der Waals surface area contributed by atoms with Crippen molar-refractivity contribution in [3.05, 3.63) is 30.5 Å². The van der Waals surface area contributed by atoms with Crippen molar-refractivity contribution < 1.29 is 4.74 Å². The van der Waals surface area contributed by atoms with Crippen LogP contribution in [0.2, 0.25) is 0 Å². The quantitative estimate of drug-likeness (QED) is 0.852. The molecule has 2 aromatic rings. The predicted octanol–water partition coefficient (Wildman–Crippen LogP) is 3.64. The summed E-state index contributed by atoms with van der Waals surface area (Å²) in [5.41, 5.74) is 1.85. The molecule has 0 bridgehead atoms. The Kier molecular flexibility index (Phi) is 4.65. The number of benzene rings is 1. The zero-order valence-corrected chi connectivity index (χ0v) is 12.6. The molecule has 0 radical (unpaired) electrons. The SMILES string of the molecule is C[C@H]1CCCC[C@H]1OCCNc1cnc2ccccc2n1. The number of ether oxygens (including phenoxy) is 1. The van der Waals surface area contributed by atoms with Crippen LogP contribution in [0.4, 0.5) is 5.82 Å². The van der Waals surface area contributed by atoms with Crippen molar-refractivity contribution in [2.24, 2.45) is 5.92 Å². The van der Waals surface area contributed by atoms with Gasteiger partial charge in [0.25, 0.3) is 0 Å². The summed E-state index contributed by atoms with van der Waals surface area (Å²) < 4.78 is 5.99. The Labute approximate surface area is 125 Å². The molecule has 1 aliphatic rings. The molecule has 112 valence electrons. The predicted molar refractivity (Wildman–Crippen MR) is 85.4 cm³/mol. The van der Waals surface area contributed by atoms with Crippen LogP contribution in [-0.2, 0) is 4.74 Å². The lowest BCUT2D eigenvalue weighted by Crippen LogP contribution is -2.27. The standard InChI is InChI=1S/C17H23N3O/c1-13-6-2-5-9-16(13)21-11-10-18-17-12-19-14-7-3-4-8-15(14)20-17/h3-4,7-8,12-13,16H,2,5-6,9-11H2,1H3,(H,18,20)/t13-,16+/m0/s1. The van der Waals surface area contributed by atoms with E-state index in [0.717, 1.165) is 30.0 Å². The molecule has 1 fully saturated rings. The summed E-state index contributed by atoms with van der Waals surface area (Å²) in [4.78, 5) is 8.94. The largest absolute Gasteiger partial charge is 0.376 e. The fourth-order valence-electron chi connectivity index (χ4n) is 2.96. The van der Waals surface area contributed by atoms with Crippen LogP contribution in [-0.4, -0.2) is 29.2 Å². The fraction of sp³-hybridized carbons (Fsp3) is 0.529. The second-order valence-corrected chi connectivity index (χ2v) is 5.84. The van der Waals surface area contributed by atoms with E-state index in [0.29, 0.717) is 12.0 Å². The van der Waals surface area contributed by atoms with E-state index in [1.165, 1.54) is 25.7 Å². The minimum Gasteiger partial charge on any atom is -0.376 e. The lowest BCUT2D eigenvalue weighted by atomic mass is 9.88. The molecule has 0 unspecified atom stereocenters. The maximum Gasteiger partial charge on any atom is 0.145 e. The lowest BCUT2D eigenvalue weighted by molar-refractivity contribution is 0.000373. The molecule has 0 saturated heterocycles. The number of hydrogen-bond donors (Lipinski definition) is 1. The minimum absolute atomic E-state index is 0.434. The van der Waals surface area contributed by atoms with Gasteiger partial charge in [-0.3, -0.25) is 4.98 Å². The zero-order chi connectivity index (χ0) is 14.5. The molecule has 1 saturated carbocycles. The van der Waals surface area contributed by atoms with Crippen LogP contribution in [0.25, 0.3) is 11.0 Å². The Hall–Kier alpha value is -1.68. The molecule has 2 atom stereocenters. The van der Waals surface area contributed by atoms with Crippen molar-refractivity contribution in [1.29, 1.82) is 0 Å². The van der Waals surface area contributed by atoms with Gasteiger partial charge in [-0.25, -0.2) is 4.98 Å². The van der Waals surface area contributed by atoms with Crippen LogP contribution in [0, 0.1) is 5.92 Å². The number of hydrogen-bond acceptors (Lipinski definition) is 4. The van der Waals surface area contributed by atoms with Crippen LogP contribution in [0.5, 0.6) is 0 Å². The van der Waals surface area contributed by atoms with Gasteiger partial charge in [-0.05, 0) is 30.9 Å². The van der Waals surface area contributed by atoms with Gasteiger partial charge in [0.1, 0.15) is 5.82 Å². The molecule has 0 aliphatic heterocycles. The molecule has 0 amide bonds. The molecule has 3 rings (SSSR count). The topological polar surface area (TPSA) is 47.0 Å². The highest BCUT2D eigenvalue weighted by molar-refractivity contribution is 5.75. The van der Waals surface area contributed by atoms with Gasteiger partial charge in [-0.1, -0.05) is 31.9 Å². The van der Waals surface area contributed by atoms with Crippen molar-refractivity contribution in [3.8, 4) is 0 Å². The Morgan fingerprint density at radius 3 is 2.86 bits per heavy atom. The summed E-state index contributed by atoms with van der Waals surface area (Å²) in [7, 11) is 0. The lowest BCUT2D eigenvalue weighted by Gasteiger charge is -2.28. The van der Waals surface area contributed by atoms with Crippen molar-refractivity contribution >= 4 is 16.9 Å². The first-order chi connectivity index (χ1) is 10.3. The Bertz CT molecular complexity index is 587. The van der Waals surface area contributed by atoms with Crippen molar-refractivity contribution in [2.75, 3.05) is 18.5 Å².